The lowest BCUT2D eigenvalue weighted by Gasteiger charge is -2.18. The molecule has 0 atom stereocenters. The zero-order valence-corrected chi connectivity index (χ0v) is 16.2. The van der Waals surface area contributed by atoms with E-state index in [1.165, 1.54) is 7.11 Å². The number of methoxy groups -OCH3 is 1. The molecule has 0 bridgehead atoms. The van der Waals surface area contributed by atoms with Crippen molar-refractivity contribution in [2.75, 3.05) is 23.3 Å². The second-order valence-corrected chi connectivity index (χ2v) is 8.77. The van der Waals surface area contributed by atoms with Crippen molar-refractivity contribution >= 4 is 27.3 Å². The van der Waals surface area contributed by atoms with E-state index in [0.29, 0.717) is 18.0 Å². The van der Waals surface area contributed by atoms with E-state index in [-0.39, 0.29) is 16.7 Å². The molecule has 0 radical (unpaired) electrons. The fourth-order valence-corrected chi connectivity index (χ4v) is 4.73. The molecule has 6 nitrogen and oxygen atoms in total. The first-order valence-electron chi connectivity index (χ1n) is 9.01. The van der Waals surface area contributed by atoms with Crippen LogP contribution in [0.5, 0.6) is 5.75 Å². The number of benzene rings is 2. The lowest BCUT2D eigenvalue weighted by atomic mass is 10.1. The van der Waals surface area contributed by atoms with Gasteiger partial charge in [-0.25, -0.2) is 8.42 Å². The van der Waals surface area contributed by atoms with Crippen molar-refractivity contribution in [1.82, 2.24) is 0 Å². The largest absolute Gasteiger partial charge is 0.495 e. The van der Waals surface area contributed by atoms with Crippen LogP contribution in [0.2, 0.25) is 0 Å². The minimum Gasteiger partial charge on any atom is -0.495 e. The molecule has 1 aliphatic heterocycles. The molecule has 2 aliphatic rings. The molecule has 0 unspecified atom stereocenters. The molecule has 7 heteroatoms. The average molecular weight is 386 g/mol. The van der Waals surface area contributed by atoms with Crippen LogP contribution in [0, 0.1) is 12.8 Å². The van der Waals surface area contributed by atoms with E-state index in [4.69, 9.17) is 4.74 Å². The second-order valence-electron chi connectivity index (χ2n) is 7.12. The van der Waals surface area contributed by atoms with Crippen LogP contribution in [0.3, 0.4) is 0 Å². The zero-order valence-electron chi connectivity index (χ0n) is 15.4. The van der Waals surface area contributed by atoms with E-state index < -0.39 is 10.0 Å². The van der Waals surface area contributed by atoms with Gasteiger partial charge >= 0.3 is 0 Å². The van der Waals surface area contributed by atoms with Crippen LogP contribution in [0.4, 0.5) is 11.4 Å². The van der Waals surface area contributed by atoms with Gasteiger partial charge in [0.15, 0.2) is 0 Å². The third-order valence-electron chi connectivity index (χ3n) is 5.03. The first-order valence-corrected chi connectivity index (χ1v) is 10.5. The Morgan fingerprint density at radius 3 is 2.67 bits per heavy atom. The van der Waals surface area contributed by atoms with E-state index in [1.54, 1.807) is 35.2 Å². The molecule has 1 heterocycles. The Balaban J connectivity index is 1.64. The van der Waals surface area contributed by atoms with Gasteiger partial charge in [0, 0.05) is 18.2 Å². The summed E-state index contributed by atoms with van der Waals surface area (Å²) in [7, 11) is -2.37. The molecule has 27 heavy (non-hydrogen) atoms. The number of rotatable bonds is 5. The van der Waals surface area contributed by atoms with Crippen LogP contribution in [0.25, 0.3) is 0 Å². The Hall–Kier alpha value is -2.54. The Bertz CT molecular complexity index is 1010. The lowest BCUT2D eigenvalue weighted by Crippen LogP contribution is -2.30. The summed E-state index contributed by atoms with van der Waals surface area (Å²) in [5.74, 6) is 0.571. The van der Waals surface area contributed by atoms with E-state index in [1.807, 2.05) is 13.0 Å². The molecule has 2 aromatic rings. The van der Waals surface area contributed by atoms with Gasteiger partial charge in [-0.1, -0.05) is 12.1 Å². The van der Waals surface area contributed by atoms with Crippen molar-refractivity contribution in [2.45, 2.75) is 31.1 Å². The summed E-state index contributed by atoms with van der Waals surface area (Å²) in [6, 6.07) is 10.4. The third-order valence-corrected chi connectivity index (χ3v) is 6.44. The third kappa shape index (κ3) is 3.39. The zero-order chi connectivity index (χ0) is 19.2. The maximum absolute atomic E-state index is 12.9. The Kier molecular flexibility index (Phi) is 4.34. The Labute approximate surface area is 159 Å². The summed E-state index contributed by atoms with van der Waals surface area (Å²) < 4.78 is 33.6. The molecule has 1 amide bonds. The number of fused-ring (bicyclic) bond motifs is 1. The van der Waals surface area contributed by atoms with Crippen molar-refractivity contribution in [1.29, 1.82) is 0 Å². The molecule has 0 spiro atoms. The predicted octanol–water partition coefficient (Wildman–Crippen LogP) is 3.10. The van der Waals surface area contributed by atoms with Crippen LogP contribution in [0.15, 0.2) is 41.3 Å². The number of aryl methyl sites for hydroxylation is 1. The molecule has 2 aromatic carbocycles. The number of anilines is 2. The first-order chi connectivity index (χ1) is 12.9. The van der Waals surface area contributed by atoms with Gasteiger partial charge in [-0.2, -0.15) is 0 Å². The van der Waals surface area contributed by atoms with Crippen LogP contribution in [-0.2, 0) is 21.2 Å². The number of sulfonamides is 1. The van der Waals surface area contributed by atoms with Crippen molar-refractivity contribution in [3.05, 3.63) is 47.5 Å². The number of amides is 1. The molecule has 0 aromatic heterocycles. The fourth-order valence-electron chi connectivity index (χ4n) is 3.43. The van der Waals surface area contributed by atoms with Crippen molar-refractivity contribution < 1.29 is 17.9 Å². The normalized spacial score (nSPS) is 16.1. The smallest absolute Gasteiger partial charge is 0.265 e. The summed E-state index contributed by atoms with van der Waals surface area (Å²) in [6.07, 6.45) is 2.70. The van der Waals surface area contributed by atoms with Crippen LogP contribution >= 0.6 is 0 Å². The van der Waals surface area contributed by atoms with E-state index in [2.05, 4.69) is 4.72 Å². The molecule has 4 rings (SSSR count). The van der Waals surface area contributed by atoms with Crippen LogP contribution in [-0.4, -0.2) is 28.0 Å². The standard InChI is InChI=1S/C20H22N2O4S/c1-13-3-8-18(26-2)19(11-13)27(24,25)21-16-7-6-14-9-10-22(17(14)12-16)20(23)15-4-5-15/h3,6-8,11-12,15,21H,4-5,9-10H2,1-2H3. The highest BCUT2D eigenvalue weighted by atomic mass is 32.2. The number of ether oxygens (including phenoxy) is 1. The number of hydrogen-bond donors (Lipinski definition) is 1. The topological polar surface area (TPSA) is 75.7 Å². The molecular weight excluding hydrogens is 364 g/mol. The van der Waals surface area contributed by atoms with E-state index in [0.717, 1.165) is 36.1 Å². The number of carbonyl (C=O) groups is 1. The first kappa shape index (κ1) is 17.9. The molecule has 1 fully saturated rings. The van der Waals surface area contributed by atoms with Crippen molar-refractivity contribution in [2.24, 2.45) is 5.92 Å². The quantitative estimate of drug-likeness (QED) is 0.857. The summed E-state index contributed by atoms with van der Waals surface area (Å²) >= 11 is 0. The highest BCUT2D eigenvalue weighted by Crippen LogP contribution is 2.38. The van der Waals surface area contributed by atoms with Gasteiger partial charge in [-0.15, -0.1) is 0 Å². The number of hydrogen-bond acceptors (Lipinski definition) is 4. The molecular formula is C20H22N2O4S. The van der Waals surface area contributed by atoms with Gasteiger partial charge in [0.25, 0.3) is 10.0 Å². The molecule has 1 aliphatic carbocycles. The minimum atomic E-state index is -3.82. The maximum atomic E-state index is 12.9. The molecule has 0 saturated heterocycles. The van der Waals surface area contributed by atoms with E-state index >= 15 is 0 Å². The summed E-state index contributed by atoms with van der Waals surface area (Å²) in [4.78, 5) is 14.4. The summed E-state index contributed by atoms with van der Waals surface area (Å²) in [6.45, 7) is 2.49. The Morgan fingerprint density at radius 1 is 1.19 bits per heavy atom. The van der Waals surface area contributed by atoms with E-state index in [9.17, 15) is 13.2 Å². The van der Waals surface area contributed by atoms with Crippen molar-refractivity contribution in [3.8, 4) is 5.75 Å². The monoisotopic (exact) mass is 386 g/mol. The van der Waals surface area contributed by atoms with Gasteiger partial charge in [-0.05, 0) is 61.6 Å². The molecule has 142 valence electrons. The van der Waals surface area contributed by atoms with Gasteiger partial charge in [0.05, 0.1) is 12.8 Å². The van der Waals surface area contributed by atoms with Gasteiger partial charge in [0.1, 0.15) is 10.6 Å². The van der Waals surface area contributed by atoms with Crippen molar-refractivity contribution in [3.63, 3.8) is 0 Å². The SMILES string of the molecule is COc1ccc(C)cc1S(=O)(=O)Nc1ccc2c(c1)N(C(=O)C1CC1)CC2. The minimum absolute atomic E-state index is 0.0939. The average Bonchev–Trinajstić information content (AvgIpc) is 3.41. The second kappa shape index (κ2) is 6.56. The van der Waals surface area contributed by atoms with Gasteiger partial charge in [0.2, 0.25) is 5.91 Å². The predicted molar refractivity (Wildman–Crippen MR) is 104 cm³/mol. The maximum Gasteiger partial charge on any atom is 0.265 e. The van der Waals surface area contributed by atoms with Gasteiger partial charge in [-0.3, -0.25) is 9.52 Å². The number of nitrogens with zero attached hydrogens (tertiary/aromatic N) is 1. The fraction of sp³-hybridized carbons (Fsp3) is 0.350. The number of nitrogens with one attached hydrogen (secondary N) is 1. The highest BCUT2D eigenvalue weighted by molar-refractivity contribution is 7.92. The molecule has 1 N–H and O–H groups in total. The highest BCUT2D eigenvalue weighted by Gasteiger charge is 2.36. The van der Waals surface area contributed by atoms with Crippen LogP contribution < -0.4 is 14.4 Å². The number of carbonyl (C=O) groups excluding carboxylic acids is 1. The lowest BCUT2D eigenvalue weighted by molar-refractivity contribution is -0.119. The molecule has 1 saturated carbocycles. The van der Waals surface area contributed by atoms with Gasteiger partial charge < -0.3 is 9.64 Å². The Morgan fingerprint density at radius 2 is 1.96 bits per heavy atom. The summed E-state index contributed by atoms with van der Waals surface area (Å²) in [5.41, 5.74) is 3.14. The van der Waals surface area contributed by atoms with Crippen LogP contribution in [0.1, 0.15) is 24.0 Å². The summed E-state index contributed by atoms with van der Waals surface area (Å²) in [5, 5.41) is 0.